The molecule has 1 saturated heterocycles. The maximum Gasteiger partial charge on any atom is 0.272 e. The van der Waals surface area contributed by atoms with Crippen LogP contribution in [0.1, 0.15) is 23.3 Å². The molecule has 0 saturated carbocycles. The standard InChI is InChI=1S/C13H18N2O3/c1-18-11-2-5-14-12(8-11)13(17)15-6-3-10(9-16)4-7-15/h2,5,8,10,16H,3-4,6-7,9H2,1H3. The van der Waals surface area contributed by atoms with Crippen molar-refractivity contribution in [3.8, 4) is 5.75 Å². The lowest BCUT2D eigenvalue weighted by Gasteiger charge is -2.30. The highest BCUT2D eigenvalue weighted by molar-refractivity contribution is 5.92. The van der Waals surface area contributed by atoms with E-state index in [-0.39, 0.29) is 12.5 Å². The highest BCUT2D eigenvalue weighted by Gasteiger charge is 2.23. The van der Waals surface area contributed by atoms with E-state index < -0.39 is 0 Å². The molecule has 0 radical (unpaired) electrons. The van der Waals surface area contributed by atoms with Gasteiger partial charge in [-0.1, -0.05) is 0 Å². The molecular formula is C13H18N2O3. The molecule has 1 aromatic heterocycles. The minimum absolute atomic E-state index is 0.0645. The minimum Gasteiger partial charge on any atom is -0.497 e. The molecule has 1 aromatic rings. The van der Waals surface area contributed by atoms with Crippen molar-refractivity contribution >= 4 is 5.91 Å². The van der Waals surface area contributed by atoms with E-state index in [1.807, 2.05) is 0 Å². The third-order valence-electron chi connectivity index (χ3n) is 3.35. The Morgan fingerprint density at radius 1 is 1.56 bits per heavy atom. The summed E-state index contributed by atoms with van der Waals surface area (Å²) in [6.07, 6.45) is 3.28. The van der Waals surface area contributed by atoms with Crippen LogP contribution in [0.4, 0.5) is 0 Å². The molecular weight excluding hydrogens is 232 g/mol. The number of piperidine rings is 1. The molecule has 2 rings (SSSR count). The van der Waals surface area contributed by atoms with E-state index in [1.54, 1.807) is 30.3 Å². The maximum atomic E-state index is 12.2. The molecule has 98 valence electrons. The summed E-state index contributed by atoms with van der Waals surface area (Å²) in [7, 11) is 1.57. The largest absolute Gasteiger partial charge is 0.497 e. The molecule has 1 aliphatic heterocycles. The van der Waals surface area contributed by atoms with Gasteiger partial charge in [-0.2, -0.15) is 0 Å². The minimum atomic E-state index is -0.0645. The highest BCUT2D eigenvalue weighted by Crippen LogP contribution is 2.19. The Kier molecular flexibility index (Phi) is 4.15. The normalized spacial score (nSPS) is 16.7. The van der Waals surface area contributed by atoms with Gasteiger partial charge in [0.25, 0.3) is 5.91 Å². The van der Waals surface area contributed by atoms with Crippen LogP contribution in [0.15, 0.2) is 18.3 Å². The lowest BCUT2D eigenvalue weighted by molar-refractivity contribution is 0.0645. The van der Waals surface area contributed by atoms with Crippen LogP contribution in [0, 0.1) is 5.92 Å². The zero-order chi connectivity index (χ0) is 13.0. The number of likely N-dealkylation sites (tertiary alicyclic amines) is 1. The third-order valence-corrected chi connectivity index (χ3v) is 3.35. The van der Waals surface area contributed by atoms with E-state index in [2.05, 4.69) is 4.98 Å². The molecule has 1 amide bonds. The van der Waals surface area contributed by atoms with Gasteiger partial charge >= 0.3 is 0 Å². The predicted octanol–water partition coefficient (Wildman–Crippen LogP) is 0.935. The van der Waals surface area contributed by atoms with E-state index in [0.29, 0.717) is 30.5 Å². The molecule has 0 atom stereocenters. The van der Waals surface area contributed by atoms with Gasteiger partial charge in [0.15, 0.2) is 0 Å². The fourth-order valence-corrected chi connectivity index (χ4v) is 2.14. The molecule has 1 fully saturated rings. The Hall–Kier alpha value is -1.62. The topological polar surface area (TPSA) is 62.7 Å². The van der Waals surface area contributed by atoms with E-state index >= 15 is 0 Å². The molecule has 1 N–H and O–H groups in total. The lowest BCUT2D eigenvalue weighted by Crippen LogP contribution is -2.39. The van der Waals surface area contributed by atoms with Crippen molar-refractivity contribution in [2.45, 2.75) is 12.8 Å². The fraction of sp³-hybridized carbons (Fsp3) is 0.538. The average molecular weight is 250 g/mol. The second kappa shape index (κ2) is 5.82. The van der Waals surface area contributed by atoms with Gasteiger partial charge in [-0.05, 0) is 24.8 Å². The highest BCUT2D eigenvalue weighted by atomic mass is 16.5. The summed E-state index contributed by atoms with van der Waals surface area (Å²) in [5, 5.41) is 9.07. The van der Waals surface area contributed by atoms with Crippen molar-refractivity contribution < 1.29 is 14.6 Å². The van der Waals surface area contributed by atoms with Crippen molar-refractivity contribution in [1.29, 1.82) is 0 Å². The maximum absolute atomic E-state index is 12.2. The number of carbonyl (C=O) groups is 1. The Bertz CT molecular complexity index is 414. The number of aromatic nitrogens is 1. The summed E-state index contributed by atoms with van der Waals surface area (Å²) in [4.78, 5) is 18.1. The molecule has 0 aromatic carbocycles. The van der Waals surface area contributed by atoms with Crippen LogP contribution in [0.2, 0.25) is 0 Å². The smallest absolute Gasteiger partial charge is 0.272 e. The van der Waals surface area contributed by atoms with Crippen molar-refractivity contribution in [3.63, 3.8) is 0 Å². The van der Waals surface area contributed by atoms with Gasteiger partial charge in [-0.25, -0.2) is 0 Å². The SMILES string of the molecule is COc1ccnc(C(=O)N2CCC(CO)CC2)c1. The first-order valence-electron chi connectivity index (χ1n) is 6.14. The number of methoxy groups -OCH3 is 1. The molecule has 18 heavy (non-hydrogen) atoms. The molecule has 5 heteroatoms. The van der Waals surface area contributed by atoms with Crippen LogP contribution in [0.5, 0.6) is 5.75 Å². The molecule has 2 heterocycles. The number of amides is 1. The Balaban J connectivity index is 2.03. The van der Waals surface area contributed by atoms with Gasteiger partial charge in [0.1, 0.15) is 11.4 Å². The molecule has 0 unspecified atom stereocenters. The fourth-order valence-electron chi connectivity index (χ4n) is 2.14. The van der Waals surface area contributed by atoms with E-state index in [1.165, 1.54) is 0 Å². The predicted molar refractivity (Wildman–Crippen MR) is 66.5 cm³/mol. The van der Waals surface area contributed by atoms with E-state index in [0.717, 1.165) is 12.8 Å². The van der Waals surface area contributed by atoms with Crippen molar-refractivity contribution in [3.05, 3.63) is 24.0 Å². The van der Waals surface area contributed by atoms with Crippen molar-refractivity contribution in [2.75, 3.05) is 26.8 Å². The summed E-state index contributed by atoms with van der Waals surface area (Å²) in [5.74, 6) is 0.899. The number of aliphatic hydroxyl groups excluding tert-OH is 1. The molecule has 1 aliphatic rings. The monoisotopic (exact) mass is 250 g/mol. The summed E-state index contributed by atoms with van der Waals surface area (Å²) in [6, 6.07) is 3.37. The first-order chi connectivity index (χ1) is 8.74. The van der Waals surface area contributed by atoms with E-state index in [4.69, 9.17) is 9.84 Å². The first kappa shape index (κ1) is 12.8. The van der Waals surface area contributed by atoms with E-state index in [9.17, 15) is 4.79 Å². The molecule has 0 aliphatic carbocycles. The third kappa shape index (κ3) is 2.79. The number of aliphatic hydroxyl groups is 1. The molecule has 5 nitrogen and oxygen atoms in total. The number of hydrogen-bond acceptors (Lipinski definition) is 4. The van der Waals surface area contributed by atoms with Gasteiger partial charge < -0.3 is 14.7 Å². The number of ether oxygens (including phenoxy) is 1. The number of nitrogens with zero attached hydrogens (tertiary/aromatic N) is 2. The first-order valence-corrected chi connectivity index (χ1v) is 6.14. The number of hydrogen-bond donors (Lipinski definition) is 1. The number of pyridine rings is 1. The zero-order valence-corrected chi connectivity index (χ0v) is 10.5. The van der Waals surface area contributed by atoms with Crippen molar-refractivity contribution in [2.24, 2.45) is 5.92 Å². The molecule has 0 bridgehead atoms. The lowest BCUT2D eigenvalue weighted by atomic mass is 9.98. The second-order valence-electron chi connectivity index (χ2n) is 4.50. The summed E-state index contributed by atoms with van der Waals surface area (Å²) in [5.41, 5.74) is 0.414. The number of carbonyl (C=O) groups excluding carboxylic acids is 1. The molecule has 0 spiro atoms. The van der Waals surface area contributed by atoms with Gasteiger partial charge in [0.05, 0.1) is 7.11 Å². The summed E-state index contributed by atoms with van der Waals surface area (Å²) >= 11 is 0. The van der Waals surface area contributed by atoms with Crippen LogP contribution in [0.3, 0.4) is 0 Å². The van der Waals surface area contributed by atoms with Gasteiger partial charge in [0, 0.05) is 32.0 Å². The summed E-state index contributed by atoms with van der Waals surface area (Å²) < 4.78 is 5.08. The van der Waals surface area contributed by atoms with Crippen LogP contribution in [0.25, 0.3) is 0 Å². The van der Waals surface area contributed by atoms with Crippen LogP contribution in [-0.4, -0.2) is 47.7 Å². The van der Waals surface area contributed by atoms with Gasteiger partial charge in [-0.15, -0.1) is 0 Å². The number of rotatable bonds is 3. The Labute approximate surface area is 106 Å². The Morgan fingerprint density at radius 2 is 2.28 bits per heavy atom. The van der Waals surface area contributed by atoms with Crippen LogP contribution >= 0.6 is 0 Å². The summed E-state index contributed by atoms with van der Waals surface area (Å²) in [6.45, 7) is 1.57. The quantitative estimate of drug-likeness (QED) is 0.867. The van der Waals surface area contributed by atoms with Crippen molar-refractivity contribution in [1.82, 2.24) is 9.88 Å². The average Bonchev–Trinajstić information content (AvgIpc) is 2.46. The van der Waals surface area contributed by atoms with Gasteiger partial charge in [0.2, 0.25) is 0 Å². The van der Waals surface area contributed by atoms with Crippen LogP contribution < -0.4 is 4.74 Å². The zero-order valence-electron chi connectivity index (χ0n) is 10.5. The van der Waals surface area contributed by atoms with Gasteiger partial charge in [-0.3, -0.25) is 9.78 Å². The second-order valence-corrected chi connectivity index (χ2v) is 4.50. The van der Waals surface area contributed by atoms with Crippen LogP contribution in [-0.2, 0) is 0 Å². The Morgan fingerprint density at radius 3 is 2.89 bits per heavy atom.